The summed E-state index contributed by atoms with van der Waals surface area (Å²) >= 11 is 7.00. The zero-order valence-corrected chi connectivity index (χ0v) is 9.19. The van der Waals surface area contributed by atoms with Gasteiger partial charge in [0.2, 0.25) is 0 Å². The number of terminal acetylenes is 1. The molecule has 0 fully saturated rings. The van der Waals surface area contributed by atoms with Gasteiger partial charge in [-0.1, -0.05) is 28.9 Å². The Morgan fingerprint density at radius 2 is 2.43 bits per heavy atom. The number of thiazole rings is 1. The average Bonchev–Trinajstić information content (AvgIpc) is 2.56. The van der Waals surface area contributed by atoms with Crippen molar-refractivity contribution in [2.24, 2.45) is 0 Å². The molecule has 72 valence electrons. The van der Waals surface area contributed by atoms with Crippen molar-refractivity contribution in [2.45, 2.75) is 6.92 Å². The molecule has 0 unspecified atom stereocenters. The van der Waals surface area contributed by atoms with Crippen LogP contribution in [0.5, 0.6) is 0 Å². The van der Waals surface area contributed by atoms with Gasteiger partial charge in [0.15, 0.2) is 10.3 Å². The van der Waals surface area contributed by atoms with Gasteiger partial charge in [0.1, 0.15) is 10.9 Å². The van der Waals surface area contributed by atoms with E-state index in [9.17, 15) is 0 Å². The lowest BCUT2D eigenvalue weighted by Crippen LogP contribution is -2.22. The molecular formula is C9H8ClN3S. The normalized spacial score (nSPS) is 9.14. The monoisotopic (exact) mass is 225 g/mol. The molecule has 1 heterocycles. The molecule has 5 heteroatoms. The Labute approximate surface area is 91.9 Å². The van der Waals surface area contributed by atoms with Gasteiger partial charge in [-0.15, -0.1) is 6.42 Å². The molecule has 14 heavy (non-hydrogen) atoms. The van der Waals surface area contributed by atoms with Crippen LogP contribution in [0.3, 0.4) is 0 Å². The fourth-order valence-corrected chi connectivity index (χ4v) is 2.03. The third kappa shape index (κ3) is 2.17. The smallest absolute Gasteiger partial charge is 0.188 e. The summed E-state index contributed by atoms with van der Waals surface area (Å²) in [6.45, 7) is 3.20. The molecule has 0 amide bonds. The Hall–Kier alpha value is -1.23. The van der Waals surface area contributed by atoms with Crippen LogP contribution in [-0.2, 0) is 0 Å². The lowest BCUT2D eigenvalue weighted by Gasteiger charge is -2.15. The number of nitriles is 1. The summed E-state index contributed by atoms with van der Waals surface area (Å²) in [5.74, 6) is 2.53. The maximum Gasteiger partial charge on any atom is 0.188 e. The quantitative estimate of drug-likeness (QED) is 0.740. The zero-order chi connectivity index (χ0) is 10.6. The van der Waals surface area contributed by atoms with E-state index in [0.717, 1.165) is 6.54 Å². The molecule has 3 nitrogen and oxygen atoms in total. The Kier molecular flexibility index (Phi) is 3.76. The molecule has 0 aromatic carbocycles. The number of halogens is 1. The highest BCUT2D eigenvalue weighted by atomic mass is 35.5. The highest BCUT2D eigenvalue weighted by Crippen LogP contribution is 2.28. The Morgan fingerprint density at radius 3 is 2.86 bits per heavy atom. The van der Waals surface area contributed by atoms with Crippen LogP contribution in [0.25, 0.3) is 0 Å². The lowest BCUT2D eigenvalue weighted by molar-refractivity contribution is 0.910. The molecule has 1 aromatic heterocycles. The van der Waals surface area contributed by atoms with Gasteiger partial charge >= 0.3 is 0 Å². The summed E-state index contributed by atoms with van der Waals surface area (Å²) in [6, 6.07) is 1.98. The van der Waals surface area contributed by atoms with Crippen molar-refractivity contribution in [1.29, 1.82) is 5.26 Å². The van der Waals surface area contributed by atoms with Gasteiger partial charge in [0, 0.05) is 6.54 Å². The van der Waals surface area contributed by atoms with Gasteiger partial charge in [-0.05, 0) is 6.92 Å². The lowest BCUT2D eigenvalue weighted by atomic mass is 10.5. The number of hydrogen-bond donors (Lipinski definition) is 0. The van der Waals surface area contributed by atoms with Crippen LogP contribution >= 0.6 is 22.9 Å². The van der Waals surface area contributed by atoms with Crippen molar-refractivity contribution in [3.8, 4) is 18.4 Å². The van der Waals surface area contributed by atoms with Crippen molar-refractivity contribution >= 4 is 28.1 Å². The van der Waals surface area contributed by atoms with Gasteiger partial charge in [0.25, 0.3) is 0 Å². The molecule has 0 aliphatic heterocycles. The van der Waals surface area contributed by atoms with E-state index >= 15 is 0 Å². The minimum Gasteiger partial charge on any atom is -0.337 e. The van der Waals surface area contributed by atoms with Crippen LogP contribution in [0.4, 0.5) is 5.13 Å². The molecule has 0 radical (unpaired) electrons. The standard InChI is InChI=1S/C9H8ClN3S/c1-3-5-13(4-2)9-12-8(10)7(6-11)14-9/h1H,4-5H2,2H3. The highest BCUT2D eigenvalue weighted by molar-refractivity contribution is 7.16. The molecule has 0 saturated heterocycles. The van der Waals surface area contributed by atoms with E-state index < -0.39 is 0 Å². The second-order valence-electron chi connectivity index (χ2n) is 2.45. The largest absolute Gasteiger partial charge is 0.337 e. The first kappa shape index (κ1) is 10.8. The van der Waals surface area contributed by atoms with Crippen molar-refractivity contribution in [2.75, 3.05) is 18.0 Å². The second-order valence-corrected chi connectivity index (χ2v) is 3.78. The van der Waals surface area contributed by atoms with Crippen LogP contribution in [-0.4, -0.2) is 18.1 Å². The van der Waals surface area contributed by atoms with Crippen molar-refractivity contribution in [3.63, 3.8) is 0 Å². The fourth-order valence-electron chi connectivity index (χ4n) is 0.920. The number of nitrogens with zero attached hydrogens (tertiary/aromatic N) is 3. The predicted octanol–water partition coefficient (Wildman–Crippen LogP) is 2.13. The molecule has 1 aromatic rings. The number of hydrogen-bond acceptors (Lipinski definition) is 4. The van der Waals surface area contributed by atoms with E-state index in [1.54, 1.807) is 0 Å². The molecular weight excluding hydrogens is 218 g/mol. The van der Waals surface area contributed by atoms with Gasteiger partial charge in [0.05, 0.1) is 6.54 Å². The third-order valence-electron chi connectivity index (χ3n) is 1.61. The van der Waals surface area contributed by atoms with Crippen LogP contribution in [0.15, 0.2) is 0 Å². The Morgan fingerprint density at radius 1 is 1.71 bits per heavy atom. The zero-order valence-electron chi connectivity index (χ0n) is 7.62. The summed E-state index contributed by atoms with van der Waals surface area (Å²) < 4.78 is 0. The molecule has 1 rings (SSSR count). The average molecular weight is 226 g/mol. The molecule has 0 bridgehead atoms. The van der Waals surface area contributed by atoms with Crippen molar-refractivity contribution < 1.29 is 0 Å². The Balaban J connectivity index is 2.96. The van der Waals surface area contributed by atoms with Gasteiger partial charge in [-0.2, -0.15) is 5.26 Å². The van der Waals surface area contributed by atoms with Crippen LogP contribution in [0, 0.1) is 23.7 Å². The molecule has 0 aliphatic rings. The first-order chi connectivity index (χ1) is 6.72. The summed E-state index contributed by atoms with van der Waals surface area (Å²) in [6.07, 6.45) is 5.21. The fraction of sp³-hybridized carbons (Fsp3) is 0.333. The SMILES string of the molecule is C#CCN(CC)c1nc(Cl)c(C#N)s1. The van der Waals surface area contributed by atoms with Crippen molar-refractivity contribution in [3.05, 3.63) is 10.0 Å². The van der Waals surface area contributed by atoms with Gasteiger partial charge < -0.3 is 4.90 Å². The minimum atomic E-state index is 0.253. The first-order valence-corrected chi connectivity index (χ1v) is 5.17. The molecule has 0 aliphatic carbocycles. The molecule has 0 saturated carbocycles. The highest BCUT2D eigenvalue weighted by Gasteiger charge is 2.12. The molecule has 0 N–H and O–H groups in total. The molecule has 0 spiro atoms. The van der Waals surface area contributed by atoms with Crippen LogP contribution in [0.1, 0.15) is 11.8 Å². The van der Waals surface area contributed by atoms with Gasteiger partial charge in [-0.25, -0.2) is 4.98 Å². The third-order valence-corrected chi connectivity index (χ3v) is 3.02. The maximum absolute atomic E-state index is 8.69. The molecule has 0 atom stereocenters. The topological polar surface area (TPSA) is 39.9 Å². The predicted molar refractivity (Wildman–Crippen MR) is 58.6 cm³/mol. The van der Waals surface area contributed by atoms with Crippen LogP contribution in [0.2, 0.25) is 5.15 Å². The summed E-state index contributed by atoms with van der Waals surface area (Å²) in [7, 11) is 0. The number of rotatable bonds is 3. The summed E-state index contributed by atoms with van der Waals surface area (Å²) in [5.41, 5.74) is 0. The Bertz CT molecular complexity index is 399. The summed E-state index contributed by atoms with van der Waals surface area (Å²) in [5, 5.41) is 9.65. The van der Waals surface area contributed by atoms with E-state index in [1.165, 1.54) is 11.3 Å². The van der Waals surface area contributed by atoms with E-state index in [2.05, 4.69) is 10.9 Å². The second kappa shape index (κ2) is 4.85. The summed E-state index contributed by atoms with van der Waals surface area (Å²) in [4.78, 5) is 6.38. The van der Waals surface area contributed by atoms with Crippen molar-refractivity contribution in [1.82, 2.24) is 4.98 Å². The maximum atomic E-state index is 8.69. The van der Waals surface area contributed by atoms with E-state index in [-0.39, 0.29) is 5.15 Å². The number of anilines is 1. The van der Waals surface area contributed by atoms with Crippen LogP contribution < -0.4 is 4.90 Å². The minimum absolute atomic E-state index is 0.253. The first-order valence-electron chi connectivity index (χ1n) is 3.97. The van der Waals surface area contributed by atoms with Gasteiger partial charge in [-0.3, -0.25) is 0 Å². The number of aromatic nitrogens is 1. The van der Waals surface area contributed by atoms with E-state index in [0.29, 0.717) is 16.6 Å². The van der Waals surface area contributed by atoms with E-state index in [4.69, 9.17) is 23.3 Å². The van der Waals surface area contributed by atoms with E-state index in [1.807, 2.05) is 17.9 Å².